The van der Waals surface area contributed by atoms with Gasteiger partial charge >= 0.3 is 0 Å². The van der Waals surface area contributed by atoms with Gasteiger partial charge in [-0.15, -0.1) is 0 Å². The SMILES string of the molecule is Cn1nccc1CNc1cc(C#N)ccn1. The van der Waals surface area contributed by atoms with E-state index in [2.05, 4.69) is 21.5 Å². The van der Waals surface area contributed by atoms with Crippen LogP contribution < -0.4 is 5.32 Å². The summed E-state index contributed by atoms with van der Waals surface area (Å²) in [7, 11) is 1.89. The highest BCUT2D eigenvalue weighted by Crippen LogP contribution is 2.07. The molecule has 0 amide bonds. The van der Waals surface area contributed by atoms with E-state index in [9.17, 15) is 0 Å². The van der Waals surface area contributed by atoms with Crippen LogP contribution in [0.25, 0.3) is 0 Å². The minimum atomic E-state index is 0.600. The Bertz CT molecular complexity index is 523. The van der Waals surface area contributed by atoms with Crippen molar-refractivity contribution in [2.75, 3.05) is 5.32 Å². The third kappa shape index (κ3) is 2.17. The highest BCUT2D eigenvalue weighted by atomic mass is 15.3. The monoisotopic (exact) mass is 213 g/mol. The lowest BCUT2D eigenvalue weighted by molar-refractivity contribution is 0.720. The van der Waals surface area contributed by atoms with Gasteiger partial charge in [-0.05, 0) is 18.2 Å². The Balaban J connectivity index is 2.05. The molecule has 0 saturated heterocycles. The Kier molecular flexibility index (Phi) is 2.83. The summed E-state index contributed by atoms with van der Waals surface area (Å²) in [4.78, 5) is 4.12. The van der Waals surface area contributed by atoms with Gasteiger partial charge in [0.15, 0.2) is 0 Å². The first-order valence-electron chi connectivity index (χ1n) is 4.86. The molecule has 0 fully saturated rings. The first-order chi connectivity index (χ1) is 7.79. The van der Waals surface area contributed by atoms with Crippen LogP contribution in [-0.4, -0.2) is 14.8 Å². The summed E-state index contributed by atoms with van der Waals surface area (Å²) in [6.07, 6.45) is 3.36. The minimum Gasteiger partial charge on any atom is -0.364 e. The van der Waals surface area contributed by atoms with Crippen molar-refractivity contribution in [1.29, 1.82) is 5.26 Å². The van der Waals surface area contributed by atoms with E-state index >= 15 is 0 Å². The van der Waals surface area contributed by atoms with E-state index in [1.54, 1.807) is 29.2 Å². The van der Waals surface area contributed by atoms with Gasteiger partial charge in [0, 0.05) is 19.4 Å². The molecule has 80 valence electrons. The standard InChI is InChI=1S/C11H11N5/c1-16-10(3-5-15-16)8-14-11-6-9(7-12)2-4-13-11/h2-6H,8H2,1H3,(H,13,14). The Hall–Kier alpha value is -2.35. The largest absolute Gasteiger partial charge is 0.364 e. The van der Waals surface area contributed by atoms with Crippen LogP contribution in [0.4, 0.5) is 5.82 Å². The number of pyridine rings is 1. The number of aryl methyl sites for hydroxylation is 1. The third-order valence-corrected chi connectivity index (χ3v) is 2.26. The van der Waals surface area contributed by atoms with Gasteiger partial charge in [-0.25, -0.2) is 4.98 Å². The number of anilines is 1. The van der Waals surface area contributed by atoms with E-state index < -0.39 is 0 Å². The van der Waals surface area contributed by atoms with Crippen LogP contribution in [0.5, 0.6) is 0 Å². The number of nitrogens with zero attached hydrogens (tertiary/aromatic N) is 4. The predicted molar refractivity (Wildman–Crippen MR) is 59.5 cm³/mol. The molecule has 0 radical (unpaired) electrons. The second-order valence-electron chi connectivity index (χ2n) is 3.34. The molecule has 2 aromatic heterocycles. The normalized spacial score (nSPS) is 9.75. The van der Waals surface area contributed by atoms with Gasteiger partial charge in [0.05, 0.1) is 23.9 Å². The maximum absolute atomic E-state index is 8.74. The summed E-state index contributed by atoms with van der Waals surface area (Å²) in [6.45, 7) is 0.637. The van der Waals surface area contributed by atoms with Gasteiger partial charge in [0.25, 0.3) is 0 Å². The van der Waals surface area contributed by atoms with E-state index in [0.717, 1.165) is 5.69 Å². The Labute approximate surface area is 93.4 Å². The summed E-state index contributed by atoms with van der Waals surface area (Å²) in [5.74, 6) is 0.695. The van der Waals surface area contributed by atoms with Crippen LogP contribution in [0.1, 0.15) is 11.3 Å². The molecule has 0 aromatic carbocycles. The molecule has 2 rings (SSSR count). The van der Waals surface area contributed by atoms with Crippen LogP contribution in [0.3, 0.4) is 0 Å². The zero-order chi connectivity index (χ0) is 11.4. The molecule has 2 aromatic rings. The average Bonchev–Trinajstić information content (AvgIpc) is 2.72. The second-order valence-corrected chi connectivity index (χ2v) is 3.34. The van der Waals surface area contributed by atoms with Crippen LogP contribution in [-0.2, 0) is 13.6 Å². The van der Waals surface area contributed by atoms with Crippen molar-refractivity contribution in [3.63, 3.8) is 0 Å². The minimum absolute atomic E-state index is 0.600. The quantitative estimate of drug-likeness (QED) is 0.834. The molecular formula is C11H11N5. The molecule has 5 nitrogen and oxygen atoms in total. The number of hydrogen-bond acceptors (Lipinski definition) is 4. The van der Waals surface area contributed by atoms with Crippen molar-refractivity contribution in [3.05, 3.63) is 41.9 Å². The molecule has 0 aliphatic heterocycles. The summed E-state index contributed by atoms with van der Waals surface area (Å²) < 4.78 is 1.79. The molecule has 0 aliphatic rings. The van der Waals surface area contributed by atoms with Crippen molar-refractivity contribution < 1.29 is 0 Å². The fourth-order valence-electron chi connectivity index (χ4n) is 1.35. The molecule has 16 heavy (non-hydrogen) atoms. The van der Waals surface area contributed by atoms with E-state index in [-0.39, 0.29) is 0 Å². The smallest absolute Gasteiger partial charge is 0.127 e. The number of nitrogens with one attached hydrogen (secondary N) is 1. The van der Waals surface area contributed by atoms with Gasteiger partial charge in [0.1, 0.15) is 5.82 Å². The summed E-state index contributed by atoms with van der Waals surface area (Å²) in [5, 5.41) is 15.9. The van der Waals surface area contributed by atoms with E-state index in [1.165, 1.54) is 0 Å². The molecule has 0 saturated carbocycles. The molecule has 1 N–H and O–H groups in total. The van der Waals surface area contributed by atoms with Crippen molar-refractivity contribution >= 4 is 5.82 Å². The van der Waals surface area contributed by atoms with Crippen molar-refractivity contribution in [3.8, 4) is 6.07 Å². The molecule has 5 heteroatoms. The lowest BCUT2D eigenvalue weighted by Crippen LogP contribution is -2.06. The van der Waals surface area contributed by atoms with Crippen LogP contribution in [0.15, 0.2) is 30.6 Å². The van der Waals surface area contributed by atoms with Gasteiger partial charge in [0.2, 0.25) is 0 Å². The van der Waals surface area contributed by atoms with Gasteiger partial charge < -0.3 is 5.32 Å². The molecule has 0 unspecified atom stereocenters. The first kappa shape index (κ1) is 10.2. The lowest BCUT2D eigenvalue weighted by Gasteiger charge is -2.05. The Morgan fingerprint density at radius 3 is 3.00 bits per heavy atom. The van der Waals surface area contributed by atoms with E-state index in [1.807, 2.05) is 13.1 Å². The van der Waals surface area contributed by atoms with Crippen LogP contribution in [0.2, 0.25) is 0 Å². The Morgan fingerprint density at radius 2 is 2.31 bits per heavy atom. The van der Waals surface area contributed by atoms with Crippen molar-refractivity contribution in [1.82, 2.24) is 14.8 Å². The van der Waals surface area contributed by atoms with Gasteiger partial charge in [-0.1, -0.05) is 0 Å². The summed E-state index contributed by atoms with van der Waals surface area (Å²) >= 11 is 0. The molecule has 0 atom stereocenters. The summed E-state index contributed by atoms with van der Waals surface area (Å²) in [5.41, 5.74) is 1.66. The fourth-order valence-corrected chi connectivity index (χ4v) is 1.35. The molecule has 0 aliphatic carbocycles. The lowest BCUT2D eigenvalue weighted by atomic mass is 10.3. The Morgan fingerprint density at radius 1 is 1.44 bits per heavy atom. The van der Waals surface area contributed by atoms with Crippen LogP contribution in [0, 0.1) is 11.3 Å². The van der Waals surface area contributed by atoms with Gasteiger partial charge in [-0.3, -0.25) is 4.68 Å². The zero-order valence-electron chi connectivity index (χ0n) is 8.88. The highest BCUT2D eigenvalue weighted by Gasteiger charge is 1.99. The fraction of sp³-hybridized carbons (Fsp3) is 0.182. The average molecular weight is 213 g/mol. The number of nitriles is 1. The highest BCUT2D eigenvalue weighted by molar-refractivity contribution is 5.42. The van der Waals surface area contributed by atoms with Crippen LogP contribution >= 0.6 is 0 Å². The maximum Gasteiger partial charge on any atom is 0.127 e. The molecule has 0 bridgehead atoms. The summed E-state index contributed by atoms with van der Waals surface area (Å²) in [6, 6.07) is 7.40. The first-order valence-corrected chi connectivity index (χ1v) is 4.86. The van der Waals surface area contributed by atoms with Crippen molar-refractivity contribution in [2.24, 2.45) is 7.05 Å². The number of aromatic nitrogens is 3. The van der Waals surface area contributed by atoms with E-state index in [4.69, 9.17) is 5.26 Å². The molecule has 2 heterocycles. The second kappa shape index (κ2) is 4.45. The van der Waals surface area contributed by atoms with E-state index in [0.29, 0.717) is 17.9 Å². The third-order valence-electron chi connectivity index (χ3n) is 2.26. The van der Waals surface area contributed by atoms with Gasteiger partial charge in [-0.2, -0.15) is 10.4 Å². The van der Waals surface area contributed by atoms with Crippen molar-refractivity contribution in [2.45, 2.75) is 6.54 Å². The molecular weight excluding hydrogens is 202 g/mol. The maximum atomic E-state index is 8.74. The predicted octanol–water partition coefficient (Wildman–Crippen LogP) is 1.30. The zero-order valence-corrected chi connectivity index (χ0v) is 8.88. The number of rotatable bonds is 3. The topological polar surface area (TPSA) is 66.5 Å². The molecule has 0 spiro atoms. The number of hydrogen-bond donors (Lipinski definition) is 1.